The molecule has 0 N–H and O–H groups in total. The predicted molar refractivity (Wildman–Crippen MR) is 104 cm³/mol. The molecule has 0 radical (unpaired) electrons. The van der Waals surface area contributed by atoms with Gasteiger partial charge in [0.2, 0.25) is 0 Å². The Morgan fingerprint density at radius 3 is 2.58 bits per heavy atom. The Labute approximate surface area is 158 Å². The molecule has 0 aromatic carbocycles. The Balaban J connectivity index is 2.06. The number of likely N-dealkylation sites (N-methyl/N-ethyl adjacent to an activating group) is 2. The van der Waals surface area contributed by atoms with Gasteiger partial charge in [-0.05, 0) is 20.9 Å². The summed E-state index contributed by atoms with van der Waals surface area (Å²) in [6, 6.07) is -0.190. The predicted octanol–water partition coefficient (Wildman–Crippen LogP) is 1.69. The van der Waals surface area contributed by atoms with Gasteiger partial charge in [0.25, 0.3) is 5.91 Å². The van der Waals surface area contributed by atoms with Crippen LogP contribution in [-0.2, 0) is 4.79 Å². The van der Waals surface area contributed by atoms with Gasteiger partial charge in [0, 0.05) is 33.2 Å². The number of aliphatic imine (C=N–C) groups is 1. The van der Waals surface area contributed by atoms with Crippen molar-refractivity contribution in [1.29, 1.82) is 0 Å². The number of piperazine rings is 1. The van der Waals surface area contributed by atoms with E-state index in [-0.39, 0.29) is 18.0 Å². The molecule has 3 aliphatic rings. The van der Waals surface area contributed by atoms with Crippen LogP contribution in [0.15, 0.2) is 17.4 Å². The molecular weight excluding hydrogens is 352 g/mol. The summed E-state index contributed by atoms with van der Waals surface area (Å²) in [5.41, 5.74) is 2.18. The minimum absolute atomic E-state index is 0.0171. The van der Waals surface area contributed by atoms with Crippen molar-refractivity contribution in [2.24, 2.45) is 4.99 Å². The highest BCUT2D eigenvalue weighted by Gasteiger charge is 2.46. The van der Waals surface area contributed by atoms with E-state index in [0.717, 1.165) is 23.8 Å². The highest BCUT2D eigenvalue weighted by Crippen LogP contribution is 2.43. The van der Waals surface area contributed by atoms with Crippen LogP contribution >= 0.6 is 11.6 Å². The third kappa shape index (κ3) is 2.20. The van der Waals surface area contributed by atoms with Crippen molar-refractivity contribution in [1.82, 2.24) is 14.8 Å². The molecule has 0 spiro atoms. The van der Waals surface area contributed by atoms with E-state index in [1.165, 1.54) is 0 Å². The first-order valence-corrected chi connectivity index (χ1v) is 9.06. The zero-order chi connectivity index (χ0) is 18.9. The van der Waals surface area contributed by atoms with E-state index in [2.05, 4.69) is 23.3 Å². The molecule has 3 aliphatic heterocycles. The van der Waals surface area contributed by atoms with Crippen molar-refractivity contribution in [2.45, 2.75) is 25.9 Å². The molecule has 8 heteroatoms. The first-order chi connectivity index (χ1) is 12.2. The van der Waals surface area contributed by atoms with Crippen LogP contribution in [0, 0.1) is 6.92 Å². The van der Waals surface area contributed by atoms with Crippen LogP contribution < -0.4 is 9.80 Å². The molecule has 1 fully saturated rings. The minimum Gasteiger partial charge on any atom is -0.339 e. The van der Waals surface area contributed by atoms with Crippen LogP contribution in [0.2, 0.25) is 5.02 Å². The highest BCUT2D eigenvalue weighted by molar-refractivity contribution is 6.36. The Morgan fingerprint density at radius 1 is 1.19 bits per heavy atom. The van der Waals surface area contributed by atoms with Crippen molar-refractivity contribution in [3.05, 3.63) is 28.7 Å². The van der Waals surface area contributed by atoms with Gasteiger partial charge in [-0.1, -0.05) is 18.2 Å². The number of amides is 1. The monoisotopic (exact) mass is 374 g/mol. The average molecular weight is 375 g/mol. The number of carbonyl (C=O) groups is 1. The fourth-order valence-corrected chi connectivity index (χ4v) is 4.43. The molecule has 0 bridgehead atoms. The largest absolute Gasteiger partial charge is 0.339 e. The van der Waals surface area contributed by atoms with Gasteiger partial charge in [-0.15, -0.1) is 0 Å². The van der Waals surface area contributed by atoms with Crippen molar-refractivity contribution < 1.29 is 4.79 Å². The lowest BCUT2D eigenvalue weighted by atomic mass is 10.0. The van der Waals surface area contributed by atoms with Gasteiger partial charge in [0.05, 0.1) is 22.0 Å². The molecule has 2 atom stereocenters. The van der Waals surface area contributed by atoms with Crippen LogP contribution in [0.3, 0.4) is 0 Å². The summed E-state index contributed by atoms with van der Waals surface area (Å²) in [6.45, 7) is 9.54. The Bertz CT molecular complexity index is 866. The second kappa shape index (κ2) is 5.69. The van der Waals surface area contributed by atoms with E-state index >= 15 is 0 Å². The normalized spacial score (nSPS) is 25.8. The van der Waals surface area contributed by atoms with Gasteiger partial charge in [-0.2, -0.15) is 0 Å². The smallest absolute Gasteiger partial charge is 0.250 e. The molecule has 4 heterocycles. The van der Waals surface area contributed by atoms with E-state index in [0.29, 0.717) is 28.8 Å². The van der Waals surface area contributed by atoms with Gasteiger partial charge in [0.15, 0.2) is 0 Å². The van der Waals surface area contributed by atoms with Crippen molar-refractivity contribution >= 4 is 34.8 Å². The summed E-state index contributed by atoms with van der Waals surface area (Å²) in [4.78, 5) is 30.6. The Hall–Kier alpha value is -2.12. The number of hydrogen-bond donors (Lipinski definition) is 0. The number of amidine groups is 1. The number of nitrogens with zero attached hydrogens (tertiary/aromatic N) is 6. The van der Waals surface area contributed by atoms with Crippen molar-refractivity contribution in [3.8, 4) is 0 Å². The molecule has 2 unspecified atom stereocenters. The summed E-state index contributed by atoms with van der Waals surface area (Å²) in [7, 11) is 5.71. The highest BCUT2D eigenvalue weighted by atomic mass is 35.5. The second-order valence-electron chi connectivity index (χ2n) is 7.36. The number of anilines is 2. The van der Waals surface area contributed by atoms with Crippen LogP contribution in [0.25, 0.3) is 0 Å². The molecule has 1 saturated heterocycles. The molecule has 0 aliphatic carbocycles. The van der Waals surface area contributed by atoms with Gasteiger partial charge in [0.1, 0.15) is 23.5 Å². The number of pyridine rings is 1. The van der Waals surface area contributed by atoms with Crippen LogP contribution in [0.5, 0.6) is 0 Å². The Morgan fingerprint density at radius 2 is 1.88 bits per heavy atom. The van der Waals surface area contributed by atoms with Crippen LogP contribution in [0.1, 0.15) is 18.2 Å². The molecule has 0 saturated carbocycles. The fraction of sp³-hybridized carbons (Fsp3) is 0.500. The zero-order valence-corrected chi connectivity index (χ0v) is 16.5. The third-order valence-electron chi connectivity index (χ3n) is 5.49. The van der Waals surface area contributed by atoms with E-state index in [1.54, 1.807) is 11.9 Å². The van der Waals surface area contributed by atoms with Gasteiger partial charge >= 0.3 is 0 Å². The number of carbonyl (C=O) groups excluding carboxylic acids is 1. The third-order valence-corrected chi connectivity index (χ3v) is 5.94. The molecule has 7 nitrogen and oxygen atoms in total. The molecule has 4 rings (SSSR count). The maximum absolute atomic E-state index is 13.3. The van der Waals surface area contributed by atoms with Gasteiger partial charge in [-0.3, -0.25) is 4.79 Å². The molecule has 138 valence electrons. The number of halogens is 1. The summed E-state index contributed by atoms with van der Waals surface area (Å²) in [5.74, 6) is 2.11. The van der Waals surface area contributed by atoms with E-state index in [4.69, 9.17) is 21.6 Å². The molecule has 1 amide bonds. The number of fused-ring (bicyclic) bond motifs is 2. The quantitative estimate of drug-likeness (QED) is 0.691. The number of aromatic nitrogens is 1. The second-order valence-corrected chi connectivity index (χ2v) is 7.74. The summed E-state index contributed by atoms with van der Waals surface area (Å²) in [6.07, 6.45) is 0. The fourth-order valence-electron chi connectivity index (χ4n) is 4.17. The minimum atomic E-state index is -0.319. The summed E-state index contributed by atoms with van der Waals surface area (Å²) < 4.78 is 0. The molecular formula is C18H23ClN6O. The van der Waals surface area contributed by atoms with E-state index in [9.17, 15) is 4.79 Å². The summed E-state index contributed by atoms with van der Waals surface area (Å²) in [5, 5.41) is 0.495. The molecule has 26 heavy (non-hydrogen) atoms. The Kier molecular flexibility index (Phi) is 3.79. The number of hydrogen-bond acceptors (Lipinski definition) is 6. The standard InChI is InChI=1S/C18H23ClN6O/c1-9-7-22(4)8-12-18(26)24(6)15-13-16(20-10(2)14(15)19)23(5)11(3)21-17(13)25(9)12/h9,12H,3,7-8H2,1-2,4-6H3. The van der Waals surface area contributed by atoms with Gasteiger partial charge in [-0.25, -0.2) is 9.98 Å². The van der Waals surface area contributed by atoms with Crippen LogP contribution in [0.4, 0.5) is 11.5 Å². The molecule has 1 aromatic rings. The SMILES string of the molecule is C=C1N=C2c3c(nc(C)c(Cl)c3N(C)C(=O)C3CN(C)CC(C)N23)N1C. The lowest BCUT2D eigenvalue weighted by molar-refractivity contribution is -0.124. The van der Waals surface area contributed by atoms with Crippen molar-refractivity contribution in [2.75, 3.05) is 44.0 Å². The lowest BCUT2D eigenvalue weighted by Gasteiger charge is -2.45. The number of aryl methyl sites for hydroxylation is 1. The maximum atomic E-state index is 13.3. The van der Waals surface area contributed by atoms with Gasteiger partial charge < -0.3 is 19.6 Å². The summed E-state index contributed by atoms with van der Waals surface area (Å²) >= 11 is 6.63. The van der Waals surface area contributed by atoms with Crippen LogP contribution in [-0.4, -0.2) is 72.8 Å². The first kappa shape index (κ1) is 17.3. The maximum Gasteiger partial charge on any atom is 0.250 e. The zero-order valence-electron chi connectivity index (χ0n) is 15.7. The first-order valence-electron chi connectivity index (χ1n) is 8.68. The van der Waals surface area contributed by atoms with Crippen molar-refractivity contribution in [3.63, 3.8) is 0 Å². The van der Waals surface area contributed by atoms with E-state index in [1.807, 2.05) is 25.9 Å². The number of rotatable bonds is 0. The molecule has 1 aromatic heterocycles. The lowest BCUT2D eigenvalue weighted by Crippen LogP contribution is -2.62. The average Bonchev–Trinajstić information content (AvgIpc) is 2.66. The van der Waals surface area contributed by atoms with E-state index < -0.39 is 0 Å². The topological polar surface area (TPSA) is 55.3 Å².